The Kier molecular flexibility index (Phi) is 6.33. The predicted molar refractivity (Wildman–Crippen MR) is 20.2 cm³/mol. The molecule has 0 aliphatic heterocycles. The molecule has 38 valence electrons. The first-order chi connectivity index (χ1) is 3.29. The van der Waals surface area contributed by atoms with Crippen LogP contribution < -0.4 is 54.0 Å². The van der Waals surface area contributed by atoms with Crippen LogP contribution in [0.5, 0.6) is 0 Å². The van der Waals surface area contributed by atoms with Gasteiger partial charge in [0.1, 0.15) is 0 Å². The van der Waals surface area contributed by atoms with Gasteiger partial charge in [0.05, 0.1) is 5.76 Å². The van der Waals surface area contributed by atoms with Crippen LogP contribution in [0, 0.1) is 0 Å². The summed E-state index contributed by atoms with van der Waals surface area (Å²) in [7, 11) is 0. The first-order valence-corrected chi connectivity index (χ1v) is 1.58. The van der Waals surface area contributed by atoms with E-state index in [4.69, 9.17) is 0 Å². The van der Waals surface area contributed by atoms with E-state index in [1.54, 1.807) is 0 Å². The molecular weight excluding hydrogens is 112 g/mol. The number of aromatic nitrogens is 1. The molecule has 0 atom stereocenters. The third-order valence-electron chi connectivity index (χ3n) is 0.462. The largest absolute Gasteiger partial charge is 1.00 e. The van der Waals surface area contributed by atoms with Gasteiger partial charge in [-0.25, -0.2) is 0 Å². The Bertz CT molecular complexity index is 221. The zero-order valence-corrected chi connectivity index (χ0v) is 5.25. The number of oxazole rings is 1. The zero-order valence-electron chi connectivity index (χ0n) is 5.25. The van der Waals surface area contributed by atoms with Crippen molar-refractivity contribution in [2.75, 3.05) is 0 Å². The number of hydrogen-bond acceptors (Lipinski definition) is 3. The maximum atomic E-state index is 9.89. The van der Waals surface area contributed by atoms with Gasteiger partial charge < -0.3 is 19.0 Å². The van der Waals surface area contributed by atoms with E-state index in [1.165, 1.54) is 0 Å². The third kappa shape index (κ3) is 3.56. The molecule has 0 radical (unpaired) electrons. The van der Waals surface area contributed by atoms with Crippen molar-refractivity contribution in [1.82, 2.24) is 4.98 Å². The van der Waals surface area contributed by atoms with Crippen LogP contribution in [0.25, 0.3) is 0 Å². The molecule has 0 spiro atoms. The zero-order chi connectivity index (χ0) is 5.28. The monoisotopic (exact) mass is 113 g/mol. The molecule has 1 heterocycles. The molecule has 0 fully saturated rings. The van der Waals surface area contributed by atoms with Crippen LogP contribution >= 0.6 is 0 Å². The fourth-order valence-electron chi connectivity index (χ4n) is 0.243. The summed E-state index contributed by atoms with van der Waals surface area (Å²) in [5, 5.41) is 0. The summed E-state index contributed by atoms with van der Waals surface area (Å²) >= 11 is 0. The van der Waals surface area contributed by atoms with Gasteiger partial charge in [0.15, 0.2) is 0 Å². The standard InChI is InChI=1S/C3H2NO3.2Li/c5-2-1-7-3(6)4-2;;/h1H,(H,4,5,6);;/q-1;2*+1/p-1. The predicted octanol–water partition coefficient (Wildman–Crippen LogP) is -7.32. The SMILES string of the molecule is O=c1[cH-]oc(=O)[n-]1.[Li+].[Li+]. The van der Waals surface area contributed by atoms with E-state index >= 15 is 0 Å². The maximum Gasteiger partial charge on any atom is 1.00 e. The minimum Gasteiger partial charge on any atom is -0.660 e. The van der Waals surface area contributed by atoms with Gasteiger partial charge in [-0.1, -0.05) is 0 Å². The van der Waals surface area contributed by atoms with Gasteiger partial charge in [-0.15, -0.1) is 0 Å². The molecule has 9 heavy (non-hydrogen) atoms. The molecule has 0 N–H and O–H groups in total. The molecule has 4 nitrogen and oxygen atoms in total. The normalized spacial score (nSPS) is 7.11. The van der Waals surface area contributed by atoms with E-state index in [1.807, 2.05) is 0 Å². The van der Waals surface area contributed by atoms with Crippen LogP contribution in [-0.2, 0) is 0 Å². The topological polar surface area (TPSA) is 61.4 Å². The first-order valence-electron chi connectivity index (χ1n) is 1.58. The van der Waals surface area contributed by atoms with Gasteiger partial charge in [0.25, 0.3) is 0 Å². The maximum absolute atomic E-state index is 9.89. The quantitative estimate of drug-likeness (QED) is 0.247. The van der Waals surface area contributed by atoms with Crippen LogP contribution in [0.15, 0.2) is 20.3 Å². The van der Waals surface area contributed by atoms with Gasteiger partial charge in [-0.3, -0.25) is 0 Å². The van der Waals surface area contributed by atoms with E-state index in [-0.39, 0.29) is 37.7 Å². The Morgan fingerprint density at radius 2 is 1.89 bits per heavy atom. The molecule has 0 bridgehead atoms. The number of hydrogen-bond donors (Lipinski definition) is 0. The fourth-order valence-corrected chi connectivity index (χ4v) is 0.243. The second-order valence-electron chi connectivity index (χ2n) is 0.952. The molecule has 0 unspecified atom stereocenters. The summed E-state index contributed by atoms with van der Waals surface area (Å²) in [4.78, 5) is 22.5. The molecular formula is C3HLi2NO3. The van der Waals surface area contributed by atoms with Crippen LogP contribution in [0.3, 0.4) is 0 Å². The van der Waals surface area contributed by atoms with Crippen molar-refractivity contribution < 1.29 is 42.1 Å². The van der Waals surface area contributed by atoms with E-state index < -0.39 is 11.3 Å². The van der Waals surface area contributed by atoms with Crippen LogP contribution in [0.4, 0.5) is 0 Å². The summed E-state index contributed by atoms with van der Waals surface area (Å²) in [5.74, 6) is -0.829. The van der Waals surface area contributed by atoms with Crippen molar-refractivity contribution in [3.63, 3.8) is 0 Å². The summed E-state index contributed by atoms with van der Waals surface area (Å²) in [6, 6.07) is 0. The Balaban J connectivity index is 0. The average Bonchev–Trinajstić information content (AvgIpc) is 1.87. The van der Waals surface area contributed by atoms with Gasteiger partial charge in [-0.05, 0) is 6.26 Å². The van der Waals surface area contributed by atoms with Crippen molar-refractivity contribution in [3.8, 4) is 0 Å². The Labute approximate surface area is 74.4 Å². The molecule has 1 aromatic heterocycles. The number of rotatable bonds is 0. The van der Waals surface area contributed by atoms with E-state index in [0.29, 0.717) is 0 Å². The molecule has 0 saturated carbocycles. The van der Waals surface area contributed by atoms with Crippen molar-refractivity contribution in [1.29, 1.82) is 0 Å². The van der Waals surface area contributed by atoms with Crippen molar-refractivity contribution >= 4 is 0 Å². The van der Waals surface area contributed by atoms with Crippen LogP contribution in [0.1, 0.15) is 0 Å². The molecule has 0 saturated heterocycles. The van der Waals surface area contributed by atoms with Crippen molar-refractivity contribution in [2.45, 2.75) is 0 Å². The van der Waals surface area contributed by atoms with Crippen LogP contribution in [0.2, 0.25) is 0 Å². The van der Waals surface area contributed by atoms with E-state index in [9.17, 15) is 9.59 Å². The summed E-state index contributed by atoms with van der Waals surface area (Å²) in [5.41, 5.74) is -0.620. The number of nitrogens with zero attached hydrogens (tertiary/aromatic N) is 1. The van der Waals surface area contributed by atoms with Crippen LogP contribution in [-0.4, -0.2) is 0 Å². The van der Waals surface area contributed by atoms with Crippen molar-refractivity contribution in [3.05, 3.63) is 27.2 Å². The molecule has 0 aliphatic carbocycles. The summed E-state index contributed by atoms with van der Waals surface area (Å²) in [6.07, 6.45) is 0.766. The van der Waals surface area contributed by atoms with E-state index in [2.05, 4.69) is 9.40 Å². The minimum absolute atomic E-state index is 0. The summed E-state index contributed by atoms with van der Waals surface area (Å²) in [6.45, 7) is 0. The summed E-state index contributed by atoms with van der Waals surface area (Å²) < 4.78 is 3.98. The van der Waals surface area contributed by atoms with Gasteiger partial charge in [0.2, 0.25) is 0 Å². The van der Waals surface area contributed by atoms with Crippen molar-refractivity contribution in [2.24, 2.45) is 0 Å². The smallest absolute Gasteiger partial charge is 0.660 e. The molecule has 1 aromatic rings. The average molecular weight is 113 g/mol. The molecule has 6 heteroatoms. The van der Waals surface area contributed by atoms with E-state index in [0.717, 1.165) is 6.26 Å². The van der Waals surface area contributed by atoms with Gasteiger partial charge in [0, 0.05) is 5.56 Å². The second kappa shape index (κ2) is 4.84. The molecule has 0 aromatic carbocycles. The fraction of sp³-hybridized carbons (Fsp3) is 0. The Morgan fingerprint density at radius 3 is 2.00 bits per heavy atom. The molecule has 0 amide bonds. The third-order valence-corrected chi connectivity index (χ3v) is 0.462. The van der Waals surface area contributed by atoms with Gasteiger partial charge >= 0.3 is 37.7 Å². The van der Waals surface area contributed by atoms with Gasteiger partial charge in [-0.2, -0.15) is 0 Å². The Hall–Kier alpha value is 0.00481. The first kappa shape index (κ1) is 11.8. The molecule has 1 rings (SSSR count). The second-order valence-corrected chi connectivity index (χ2v) is 0.952. The molecule has 0 aliphatic rings. The Morgan fingerprint density at radius 1 is 1.33 bits per heavy atom. The minimum atomic E-state index is -0.829.